The lowest BCUT2D eigenvalue weighted by Crippen LogP contribution is -2.32. The minimum atomic E-state index is -4.84. The molecule has 10 heteroatoms. The first-order valence-corrected chi connectivity index (χ1v) is 7.92. The van der Waals surface area contributed by atoms with Crippen molar-refractivity contribution < 1.29 is 26.0 Å². The first-order valence-electron chi connectivity index (χ1n) is 5.93. The monoisotopic (exact) mass is 358 g/mol. The molecule has 0 fully saturated rings. The topological polar surface area (TPSA) is 61.2 Å². The van der Waals surface area contributed by atoms with Gasteiger partial charge in [0.25, 0.3) is 0 Å². The Balaban J connectivity index is 3.21. The predicted octanol–water partition coefficient (Wildman–Crippen LogP) is 3.17. The molecule has 0 unspecified atom stereocenters. The number of alkyl halides is 3. The summed E-state index contributed by atoms with van der Waals surface area (Å²) in [7, 11) is -4.04. The van der Waals surface area contributed by atoms with Crippen LogP contribution in [0.15, 0.2) is 12.1 Å². The number of nitriles is 1. The Hall–Kier alpha value is -1.37. The average molecular weight is 359 g/mol. The Kier molecular flexibility index (Phi) is 5.78. The van der Waals surface area contributed by atoms with Crippen LogP contribution >= 0.6 is 11.6 Å². The lowest BCUT2D eigenvalue weighted by molar-refractivity contribution is -0.137. The number of nitrogens with zero attached hydrogens (tertiary/aromatic N) is 2. The third-order valence-electron chi connectivity index (χ3n) is 2.80. The summed E-state index contributed by atoms with van der Waals surface area (Å²) in [5.74, 6) is -2.32. The van der Waals surface area contributed by atoms with Gasteiger partial charge in [-0.1, -0.05) is 24.6 Å². The van der Waals surface area contributed by atoms with Gasteiger partial charge in [0.15, 0.2) is 0 Å². The largest absolute Gasteiger partial charge is 0.417 e. The van der Waals surface area contributed by atoms with Gasteiger partial charge < -0.3 is 0 Å². The fourth-order valence-electron chi connectivity index (χ4n) is 1.69. The van der Waals surface area contributed by atoms with E-state index in [9.17, 15) is 26.0 Å². The Morgan fingerprint density at radius 2 is 1.95 bits per heavy atom. The van der Waals surface area contributed by atoms with E-state index in [2.05, 4.69) is 0 Å². The SMILES string of the molecule is CCN(CC#N)S(=O)(=O)Cc1ccc(C(F)(F)F)c(Cl)c1F. The van der Waals surface area contributed by atoms with Crippen molar-refractivity contribution in [1.29, 1.82) is 5.26 Å². The molecule has 122 valence electrons. The summed E-state index contributed by atoms with van der Waals surface area (Å²) in [6.07, 6.45) is -4.84. The molecule has 0 radical (unpaired) electrons. The molecule has 0 saturated heterocycles. The lowest BCUT2D eigenvalue weighted by Gasteiger charge is -2.18. The molecule has 22 heavy (non-hydrogen) atoms. The van der Waals surface area contributed by atoms with Crippen LogP contribution in [0.4, 0.5) is 17.6 Å². The second-order valence-electron chi connectivity index (χ2n) is 4.24. The van der Waals surface area contributed by atoms with E-state index in [0.29, 0.717) is 6.07 Å². The molecular formula is C12H11ClF4N2O2S. The van der Waals surface area contributed by atoms with Gasteiger partial charge in [0.05, 0.1) is 22.4 Å². The van der Waals surface area contributed by atoms with Crippen molar-refractivity contribution in [1.82, 2.24) is 4.31 Å². The molecule has 0 heterocycles. The molecule has 0 spiro atoms. The highest BCUT2D eigenvalue weighted by Crippen LogP contribution is 2.37. The van der Waals surface area contributed by atoms with E-state index >= 15 is 0 Å². The first kappa shape index (κ1) is 18.7. The third-order valence-corrected chi connectivity index (χ3v) is 5.02. The van der Waals surface area contributed by atoms with Gasteiger partial charge in [-0.05, 0) is 6.07 Å². The highest BCUT2D eigenvalue weighted by molar-refractivity contribution is 7.88. The quantitative estimate of drug-likeness (QED) is 0.600. The first-order chi connectivity index (χ1) is 10.0. The van der Waals surface area contributed by atoms with Crippen LogP contribution in [0.1, 0.15) is 18.1 Å². The zero-order valence-corrected chi connectivity index (χ0v) is 12.9. The number of sulfonamides is 1. The summed E-state index contributed by atoms with van der Waals surface area (Å²) < 4.78 is 76.4. The van der Waals surface area contributed by atoms with Crippen LogP contribution in [0.3, 0.4) is 0 Å². The summed E-state index contributed by atoms with van der Waals surface area (Å²) in [6, 6.07) is 2.89. The molecule has 4 nitrogen and oxygen atoms in total. The second kappa shape index (κ2) is 6.81. The van der Waals surface area contributed by atoms with E-state index in [-0.39, 0.29) is 6.54 Å². The van der Waals surface area contributed by atoms with Crippen molar-refractivity contribution in [3.8, 4) is 6.07 Å². The molecule has 0 N–H and O–H groups in total. The van der Waals surface area contributed by atoms with Crippen LogP contribution in [-0.2, 0) is 22.0 Å². The number of halogens is 5. The summed E-state index contributed by atoms with van der Waals surface area (Å²) in [4.78, 5) is 0. The van der Waals surface area contributed by atoms with Crippen molar-refractivity contribution in [2.24, 2.45) is 0 Å². The van der Waals surface area contributed by atoms with Gasteiger partial charge in [0, 0.05) is 12.1 Å². The summed E-state index contributed by atoms with van der Waals surface area (Å²) in [5.41, 5.74) is -1.87. The van der Waals surface area contributed by atoms with Gasteiger partial charge in [-0.2, -0.15) is 22.7 Å². The molecule has 0 aromatic heterocycles. The maximum atomic E-state index is 13.9. The lowest BCUT2D eigenvalue weighted by atomic mass is 10.1. The number of rotatable bonds is 5. The fraction of sp³-hybridized carbons (Fsp3) is 0.417. The van der Waals surface area contributed by atoms with E-state index in [4.69, 9.17) is 16.9 Å². The normalized spacial score (nSPS) is 12.5. The molecule has 0 aliphatic carbocycles. The van der Waals surface area contributed by atoms with E-state index in [1.165, 1.54) is 6.92 Å². The number of hydrogen-bond acceptors (Lipinski definition) is 3. The molecule has 0 bridgehead atoms. The Labute approximate surface area is 129 Å². The van der Waals surface area contributed by atoms with Crippen LogP contribution in [0, 0.1) is 17.1 Å². The van der Waals surface area contributed by atoms with Gasteiger partial charge >= 0.3 is 6.18 Å². The van der Waals surface area contributed by atoms with Crippen molar-refractivity contribution in [2.75, 3.05) is 13.1 Å². The average Bonchev–Trinajstić information content (AvgIpc) is 2.39. The van der Waals surface area contributed by atoms with Crippen LogP contribution in [0.25, 0.3) is 0 Å². The van der Waals surface area contributed by atoms with Crippen molar-refractivity contribution in [2.45, 2.75) is 18.9 Å². The highest BCUT2D eigenvalue weighted by atomic mass is 35.5. The van der Waals surface area contributed by atoms with Gasteiger partial charge in [-0.3, -0.25) is 0 Å². The summed E-state index contributed by atoms with van der Waals surface area (Å²) in [5, 5.41) is 7.37. The molecule has 1 rings (SSSR count). The van der Waals surface area contributed by atoms with Crippen molar-refractivity contribution in [3.63, 3.8) is 0 Å². The molecule has 0 aliphatic heterocycles. The number of benzene rings is 1. The maximum Gasteiger partial charge on any atom is 0.417 e. The van der Waals surface area contributed by atoms with Crippen LogP contribution in [0.2, 0.25) is 5.02 Å². The fourth-order valence-corrected chi connectivity index (χ4v) is 3.43. The van der Waals surface area contributed by atoms with Crippen molar-refractivity contribution >= 4 is 21.6 Å². The van der Waals surface area contributed by atoms with E-state index in [1.807, 2.05) is 0 Å². The van der Waals surface area contributed by atoms with Crippen LogP contribution in [0.5, 0.6) is 0 Å². The Morgan fingerprint density at radius 1 is 1.36 bits per heavy atom. The van der Waals surface area contributed by atoms with Crippen LogP contribution < -0.4 is 0 Å². The zero-order chi connectivity index (χ0) is 17.1. The van der Waals surface area contributed by atoms with Gasteiger partial charge in [0.1, 0.15) is 12.4 Å². The zero-order valence-electron chi connectivity index (χ0n) is 11.3. The molecule has 0 amide bonds. The number of hydrogen-bond donors (Lipinski definition) is 0. The van der Waals surface area contributed by atoms with Crippen molar-refractivity contribution in [3.05, 3.63) is 34.1 Å². The smallest absolute Gasteiger partial charge is 0.212 e. The van der Waals surface area contributed by atoms with E-state index in [1.54, 1.807) is 6.07 Å². The molecule has 0 saturated carbocycles. The summed E-state index contributed by atoms with van der Waals surface area (Å²) in [6.45, 7) is 1.02. The van der Waals surface area contributed by atoms with Crippen LogP contribution in [-0.4, -0.2) is 25.8 Å². The standard InChI is InChI=1S/C12H11ClF4N2O2S/c1-2-19(6-5-18)22(20,21)7-8-3-4-9(12(15,16)17)10(13)11(8)14/h3-4H,2,6-7H2,1H3. The minimum absolute atomic E-state index is 0.0219. The summed E-state index contributed by atoms with van der Waals surface area (Å²) >= 11 is 5.33. The second-order valence-corrected chi connectivity index (χ2v) is 6.59. The van der Waals surface area contributed by atoms with Gasteiger partial charge in [0.2, 0.25) is 10.0 Å². The molecule has 1 aromatic carbocycles. The Bertz CT molecular complexity index is 698. The van der Waals surface area contributed by atoms with E-state index in [0.717, 1.165) is 10.4 Å². The molecule has 0 atom stereocenters. The third kappa shape index (κ3) is 4.09. The predicted molar refractivity (Wildman–Crippen MR) is 71.9 cm³/mol. The molecule has 1 aromatic rings. The Morgan fingerprint density at radius 3 is 2.41 bits per heavy atom. The van der Waals surface area contributed by atoms with Gasteiger partial charge in [-0.15, -0.1) is 0 Å². The van der Waals surface area contributed by atoms with Gasteiger partial charge in [-0.25, -0.2) is 12.8 Å². The van der Waals surface area contributed by atoms with E-state index < -0.39 is 50.5 Å². The highest BCUT2D eigenvalue weighted by Gasteiger charge is 2.35. The maximum absolute atomic E-state index is 13.9. The molecule has 0 aliphatic rings. The molecular weight excluding hydrogens is 348 g/mol. The minimum Gasteiger partial charge on any atom is -0.212 e.